The molecule has 2 amide bonds. The summed E-state index contributed by atoms with van der Waals surface area (Å²) in [6, 6.07) is 12.5. The minimum atomic E-state index is -0.522. The summed E-state index contributed by atoms with van der Waals surface area (Å²) < 4.78 is 13.0. The van der Waals surface area contributed by atoms with Gasteiger partial charge in [0.05, 0.1) is 16.3 Å². The molecule has 3 rings (SSSR count). The van der Waals surface area contributed by atoms with Crippen molar-refractivity contribution in [2.24, 2.45) is 0 Å². The minimum absolute atomic E-state index is 0.256. The van der Waals surface area contributed by atoms with Gasteiger partial charge in [0.2, 0.25) is 0 Å². The van der Waals surface area contributed by atoms with Crippen LogP contribution in [0.25, 0.3) is 16.6 Å². The van der Waals surface area contributed by atoms with E-state index < -0.39 is 11.8 Å². The molecule has 8 heteroatoms. The van der Waals surface area contributed by atoms with Gasteiger partial charge in [-0.25, -0.2) is 9.37 Å². The number of hydrogen-bond acceptors (Lipinski definition) is 4. The molecular weight excluding hydrogens is 389 g/mol. The first kappa shape index (κ1) is 18.8. The quantitative estimate of drug-likeness (QED) is 0.511. The van der Waals surface area contributed by atoms with Crippen molar-refractivity contribution >= 4 is 40.8 Å². The molecule has 3 aromatic rings. The zero-order chi connectivity index (χ0) is 19.2. The van der Waals surface area contributed by atoms with Crippen LogP contribution in [0.5, 0.6) is 0 Å². The van der Waals surface area contributed by atoms with Crippen molar-refractivity contribution < 1.29 is 14.0 Å². The van der Waals surface area contributed by atoms with Crippen LogP contribution in [0.2, 0.25) is 5.02 Å². The first-order chi connectivity index (χ1) is 13.0. The highest BCUT2D eigenvalue weighted by Gasteiger charge is 2.09. The van der Waals surface area contributed by atoms with E-state index >= 15 is 0 Å². The predicted octanol–water partition coefficient (Wildman–Crippen LogP) is 4.08. The van der Waals surface area contributed by atoms with Gasteiger partial charge in [0.15, 0.2) is 0 Å². The van der Waals surface area contributed by atoms with Gasteiger partial charge in [-0.15, -0.1) is 11.3 Å². The predicted molar refractivity (Wildman–Crippen MR) is 104 cm³/mol. The molecule has 0 fully saturated rings. The van der Waals surface area contributed by atoms with Crippen molar-refractivity contribution in [1.29, 1.82) is 0 Å². The number of nitrogens with one attached hydrogen (secondary N) is 2. The molecule has 0 saturated heterocycles. The van der Waals surface area contributed by atoms with Gasteiger partial charge < -0.3 is 0 Å². The van der Waals surface area contributed by atoms with E-state index in [0.717, 1.165) is 5.56 Å². The number of rotatable bonds is 4. The average Bonchev–Trinajstić information content (AvgIpc) is 3.14. The molecule has 0 unspecified atom stereocenters. The monoisotopic (exact) mass is 401 g/mol. The second-order valence-corrected chi connectivity index (χ2v) is 6.61. The Morgan fingerprint density at radius 1 is 1.07 bits per heavy atom. The highest BCUT2D eigenvalue weighted by molar-refractivity contribution is 7.13. The molecule has 5 nitrogen and oxygen atoms in total. The molecule has 27 heavy (non-hydrogen) atoms. The largest absolute Gasteiger partial charge is 0.271 e. The van der Waals surface area contributed by atoms with E-state index in [1.807, 2.05) is 0 Å². The first-order valence-electron chi connectivity index (χ1n) is 7.77. The van der Waals surface area contributed by atoms with Crippen LogP contribution in [0.3, 0.4) is 0 Å². The molecule has 1 heterocycles. The van der Waals surface area contributed by atoms with E-state index in [-0.39, 0.29) is 16.4 Å². The van der Waals surface area contributed by atoms with Crippen LogP contribution in [-0.2, 0) is 4.79 Å². The van der Waals surface area contributed by atoms with E-state index in [1.165, 1.54) is 35.6 Å². The van der Waals surface area contributed by atoms with E-state index in [4.69, 9.17) is 11.6 Å². The number of thiazole rings is 1. The summed E-state index contributed by atoms with van der Waals surface area (Å²) in [5.41, 5.74) is 6.18. The second kappa shape index (κ2) is 8.57. The second-order valence-electron chi connectivity index (χ2n) is 5.34. The fraction of sp³-hybridized carbons (Fsp3) is 0. The molecule has 2 N–H and O–H groups in total. The summed E-state index contributed by atoms with van der Waals surface area (Å²) in [4.78, 5) is 28.2. The van der Waals surface area contributed by atoms with E-state index in [1.54, 1.807) is 41.8 Å². The van der Waals surface area contributed by atoms with Gasteiger partial charge in [-0.1, -0.05) is 23.7 Å². The summed E-state index contributed by atoms with van der Waals surface area (Å²) >= 11 is 7.30. The Labute approximate surface area is 163 Å². The Balaban J connectivity index is 1.56. The summed E-state index contributed by atoms with van der Waals surface area (Å²) in [6.07, 6.45) is 2.76. The van der Waals surface area contributed by atoms with Crippen LogP contribution in [-0.4, -0.2) is 16.8 Å². The fourth-order valence-electron chi connectivity index (χ4n) is 2.12. The molecule has 0 aliphatic rings. The standard InChI is InChI=1S/C19H13ClFN3O2S/c20-16-4-2-1-3-15(16)18(26)24-23-17(25)10-9-14-11-27-19(22-14)12-5-7-13(21)8-6-12/h1-11H,(H,23,25)(H,24,26)/b10-9+. The normalized spacial score (nSPS) is 10.7. The summed E-state index contributed by atoms with van der Waals surface area (Å²) in [5, 5.41) is 2.77. The van der Waals surface area contributed by atoms with Crippen LogP contribution < -0.4 is 10.9 Å². The summed E-state index contributed by atoms with van der Waals surface area (Å²) in [5.74, 6) is -1.35. The van der Waals surface area contributed by atoms with Gasteiger partial charge in [0.25, 0.3) is 11.8 Å². The molecule has 0 saturated carbocycles. The van der Waals surface area contributed by atoms with Crippen molar-refractivity contribution in [2.45, 2.75) is 0 Å². The maximum absolute atomic E-state index is 13.0. The Bertz CT molecular complexity index is 1000. The number of carbonyl (C=O) groups excluding carboxylic acids is 2. The molecule has 0 radical (unpaired) electrons. The third-order valence-electron chi connectivity index (χ3n) is 3.44. The van der Waals surface area contributed by atoms with Gasteiger partial charge in [0, 0.05) is 17.0 Å². The zero-order valence-electron chi connectivity index (χ0n) is 13.8. The maximum atomic E-state index is 13.0. The molecule has 0 atom stereocenters. The Morgan fingerprint density at radius 2 is 1.81 bits per heavy atom. The van der Waals surface area contributed by atoms with Crippen molar-refractivity contribution in [3.05, 3.63) is 82.1 Å². The maximum Gasteiger partial charge on any atom is 0.271 e. The van der Waals surface area contributed by atoms with Crippen molar-refractivity contribution in [1.82, 2.24) is 15.8 Å². The molecule has 0 aliphatic heterocycles. The van der Waals surface area contributed by atoms with E-state index in [0.29, 0.717) is 10.7 Å². The minimum Gasteiger partial charge on any atom is -0.268 e. The van der Waals surface area contributed by atoms with Crippen molar-refractivity contribution in [3.63, 3.8) is 0 Å². The average molecular weight is 402 g/mol. The number of hydrogen-bond donors (Lipinski definition) is 2. The van der Waals surface area contributed by atoms with Gasteiger partial charge in [0.1, 0.15) is 10.8 Å². The lowest BCUT2D eigenvalue weighted by Crippen LogP contribution is -2.40. The molecule has 1 aromatic heterocycles. The third kappa shape index (κ3) is 4.99. The molecule has 0 bridgehead atoms. The van der Waals surface area contributed by atoms with Gasteiger partial charge >= 0.3 is 0 Å². The van der Waals surface area contributed by atoms with Gasteiger partial charge in [-0.3, -0.25) is 20.4 Å². The topological polar surface area (TPSA) is 71.1 Å². The lowest BCUT2D eigenvalue weighted by atomic mass is 10.2. The van der Waals surface area contributed by atoms with Crippen LogP contribution >= 0.6 is 22.9 Å². The molecule has 2 aromatic carbocycles. The SMILES string of the molecule is O=C(/C=C/c1csc(-c2ccc(F)cc2)n1)NNC(=O)c1ccccc1Cl. The number of nitrogens with zero attached hydrogens (tertiary/aromatic N) is 1. The molecule has 136 valence electrons. The highest BCUT2D eigenvalue weighted by atomic mass is 35.5. The number of benzene rings is 2. The smallest absolute Gasteiger partial charge is 0.268 e. The molecular formula is C19H13ClFN3O2S. The van der Waals surface area contributed by atoms with Gasteiger partial charge in [-0.2, -0.15) is 0 Å². The highest BCUT2D eigenvalue weighted by Crippen LogP contribution is 2.24. The van der Waals surface area contributed by atoms with Gasteiger partial charge in [-0.05, 0) is 42.5 Å². The lowest BCUT2D eigenvalue weighted by Gasteiger charge is -2.06. The number of aromatic nitrogens is 1. The molecule has 0 spiro atoms. The van der Waals surface area contributed by atoms with Crippen molar-refractivity contribution in [3.8, 4) is 10.6 Å². The van der Waals surface area contributed by atoms with E-state index in [2.05, 4.69) is 15.8 Å². The first-order valence-corrected chi connectivity index (χ1v) is 9.03. The Kier molecular flexibility index (Phi) is 5.95. The Morgan fingerprint density at radius 3 is 2.56 bits per heavy atom. The number of halogens is 2. The van der Waals surface area contributed by atoms with Crippen LogP contribution in [0.15, 0.2) is 60.0 Å². The zero-order valence-corrected chi connectivity index (χ0v) is 15.4. The summed E-state index contributed by atoms with van der Waals surface area (Å²) in [6.45, 7) is 0. The summed E-state index contributed by atoms with van der Waals surface area (Å²) in [7, 11) is 0. The van der Waals surface area contributed by atoms with Crippen LogP contribution in [0.1, 0.15) is 16.1 Å². The molecule has 0 aliphatic carbocycles. The van der Waals surface area contributed by atoms with E-state index in [9.17, 15) is 14.0 Å². The number of carbonyl (C=O) groups is 2. The van der Waals surface area contributed by atoms with Crippen molar-refractivity contribution in [2.75, 3.05) is 0 Å². The number of amides is 2. The van der Waals surface area contributed by atoms with Crippen LogP contribution in [0.4, 0.5) is 4.39 Å². The Hall–Kier alpha value is -3.03. The lowest BCUT2D eigenvalue weighted by molar-refractivity contribution is -0.117. The fourth-order valence-corrected chi connectivity index (χ4v) is 3.14. The number of hydrazine groups is 1. The van der Waals surface area contributed by atoms with Crippen LogP contribution in [0, 0.1) is 5.82 Å². The third-order valence-corrected chi connectivity index (χ3v) is 4.68.